The summed E-state index contributed by atoms with van der Waals surface area (Å²) in [6, 6.07) is 6.30. The fourth-order valence-electron chi connectivity index (χ4n) is 3.36. The average Bonchev–Trinajstić information content (AvgIpc) is 2.64. The molecular weight excluding hydrogens is 380 g/mol. The number of nitrogens with zero attached hydrogens (tertiary/aromatic N) is 1. The highest BCUT2D eigenvalue weighted by Gasteiger charge is 2.29. The molecular formula is C21H25F2N3O3. The maximum Gasteiger partial charge on any atom is 0.271 e. The monoisotopic (exact) mass is 405 g/mol. The van der Waals surface area contributed by atoms with E-state index in [1.54, 1.807) is 18.2 Å². The molecule has 0 spiro atoms. The molecule has 6 nitrogen and oxygen atoms in total. The molecule has 1 aliphatic rings. The molecule has 1 aromatic carbocycles. The van der Waals surface area contributed by atoms with Gasteiger partial charge in [-0.2, -0.15) is 0 Å². The van der Waals surface area contributed by atoms with Gasteiger partial charge < -0.3 is 20.5 Å². The molecule has 2 aromatic rings. The normalized spacial score (nSPS) is 13.5. The highest BCUT2D eigenvalue weighted by Crippen LogP contribution is 2.46. The van der Waals surface area contributed by atoms with Crippen LogP contribution in [0.4, 0.5) is 14.6 Å². The highest BCUT2D eigenvalue weighted by atomic mass is 19.3. The number of nitrogens with two attached hydrogens (primary N) is 1. The molecule has 3 N–H and O–H groups in total. The van der Waals surface area contributed by atoms with E-state index in [1.807, 2.05) is 13.8 Å². The molecule has 2 heterocycles. The van der Waals surface area contributed by atoms with Gasteiger partial charge in [-0.25, -0.2) is 13.8 Å². The molecule has 1 atom stereocenters. The van der Waals surface area contributed by atoms with Crippen molar-refractivity contribution in [3.05, 3.63) is 35.4 Å². The number of fused-ring (bicyclic) bond motifs is 3. The van der Waals surface area contributed by atoms with Gasteiger partial charge in [0, 0.05) is 24.1 Å². The van der Waals surface area contributed by atoms with E-state index in [-0.39, 0.29) is 42.2 Å². The van der Waals surface area contributed by atoms with Crippen molar-refractivity contribution < 1.29 is 23.0 Å². The van der Waals surface area contributed by atoms with Crippen molar-refractivity contribution in [1.29, 1.82) is 0 Å². The standard InChI is InChI=1S/C21H25F2N3O3/c1-11(2)8-14(24)10-28-16-6-5-15-19-13(4-7-17(26-19)25-12(3)27)9-29-20(15)18(16)21(22)23/h4-7,11,14,21H,8-10,24H2,1-3H3,(H,25,26,27). The number of alkyl halides is 2. The number of pyridine rings is 1. The van der Waals surface area contributed by atoms with E-state index >= 15 is 0 Å². The number of halogens is 2. The van der Waals surface area contributed by atoms with E-state index in [0.29, 0.717) is 23.0 Å². The van der Waals surface area contributed by atoms with Crippen LogP contribution in [0.2, 0.25) is 0 Å². The molecule has 8 heteroatoms. The summed E-state index contributed by atoms with van der Waals surface area (Å²) in [5.41, 5.74) is 7.40. The van der Waals surface area contributed by atoms with Crippen molar-refractivity contribution >= 4 is 11.7 Å². The quantitative estimate of drug-likeness (QED) is 0.718. The fraction of sp³-hybridized carbons (Fsp3) is 0.429. The third-order valence-electron chi connectivity index (χ3n) is 4.51. The van der Waals surface area contributed by atoms with E-state index in [4.69, 9.17) is 15.2 Å². The predicted molar refractivity (Wildman–Crippen MR) is 106 cm³/mol. The summed E-state index contributed by atoms with van der Waals surface area (Å²) >= 11 is 0. The molecule has 156 valence electrons. The van der Waals surface area contributed by atoms with Gasteiger partial charge in [0.15, 0.2) is 0 Å². The number of nitrogens with one attached hydrogen (secondary N) is 1. The maximum absolute atomic E-state index is 13.9. The van der Waals surface area contributed by atoms with Gasteiger partial charge in [-0.05, 0) is 36.6 Å². The van der Waals surface area contributed by atoms with Gasteiger partial charge in [-0.1, -0.05) is 13.8 Å². The van der Waals surface area contributed by atoms with E-state index < -0.39 is 6.43 Å². The Hall–Kier alpha value is -2.74. The van der Waals surface area contributed by atoms with Crippen LogP contribution in [0.25, 0.3) is 11.3 Å². The van der Waals surface area contributed by atoms with Crippen LogP contribution in [0.3, 0.4) is 0 Å². The van der Waals surface area contributed by atoms with Crippen LogP contribution >= 0.6 is 0 Å². The van der Waals surface area contributed by atoms with Crippen LogP contribution in [0.1, 0.15) is 44.7 Å². The van der Waals surface area contributed by atoms with Gasteiger partial charge >= 0.3 is 0 Å². The maximum atomic E-state index is 13.9. The third-order valence-corrected chi connectivity index (χ3v) is 4.51. The van der Waals surface area contributed by atoms with Crippen molar-refractivity contribution in [2.75, 3.05) is 11.9 Å². The van der Waals surface area contributed by atoms with E-state index in [0.717, 1.165) is 12.0 Å². The van der Waals surface area contributed by atoms with E-state index in [9.17, 15) is 13.6 Å². The summed E-state index contributed by atoms with van der Waals surface area (Å²) in [5, 5.41) is 2.61. The molecule has 1 aromatic heterocycles. The Kier molecular flexibility index (Phi) is 6.32. The van der Waals surface area contributed by atoms with Crippen LogP contribution < -0.4 is 20.5 Å². The summed E-state index contributed by atoms with van der Waals surface area (Å²) in [4.78, 5) is 15.7. The number of carbonyl (C=O) groups is 1. The SMILES string of the molecule is CC(=O)Nc1ccc2c(n1)-c1ccc(OCC(N)CC(C)C)c(C(F)F)c1OC2. The Morgan fingerprint density at radius 3 is 2.72 bits per heavy atom. The lowest BCUT2D eigenvalue weighted by molar-refractivity contribution is -0.114. The Morgan fingerprint density at radius 1 is 1.31 bits per heavy atom. The first-order chi connectivity index (χ1) is 13.8. The fourth-order valence-corrected chi connectivity index (χ4v) is 3.36. The number of aromatic nitrogens is 1. The molecule has 1 unspecified atom stereocenters. The van der Waals surface area contributed by atoms with E-state index in [2.05, 4.69) is 10.3 Å². The second-order valence-electron chi connectivity index (χ2n) is 7.53. The molecule has 0 fully saturated rings. The molecule has 29 heavy (non-hydrogen) atoms. The first-order valence-corrected chi connectivity index (χ1v) is 9.50. The van der Waals surface area contributed by atoms with Crippen LogP contribution in [-0.4, -0.2) is 23.5 Å². The van der Waals surface area contributed by atoms with Gasteiger partial charge in [-0.3, -0.25) is 4.79 Å². The summed E-state index contributed by atoms with van der Waals surface area (Å²) in [6.45, 7) is 5.69. The number of benzene rings is 1. The van der Waals surface area contributed by atoms with Gasteiger partial charge in [0.2, 0.25) is 5.91 Å². The number of rotatable bonds is 7. The second-order valence-corrected chi connectivity index (χ2v) is 7.53. The molecule has 0 aliphatic carbocycles. The zero-order chi connectivity index (χ0) is 21.1. The summed E-state index contributed by atoms with van der Waals surface area (Å²) in [5.74, 6) is 0.576. The first kappa shape index (κ1) is 21.0. The van der Waals surface area contributed by atoms with Crippen molar-refractivity contribution in [1.82, 2.24) is 4.98 Å². The summed E-state index contributed by atoms with van der Waals surface area (Å²) in [7, 11) is 0. The zero-order valence-electron chi connectivity index (χ0n) is 16.7. The van der Waals surface area contributed by atoms with Crippen molar-refractivity contribution in [2.24, 2.45) is 11.7 Å². The van der Waals surface area contributed by atoms with Gasteiger partial charge in [0.1, 0.15) is 36.1 Å². The number of anilines is 1. The number of hydrogen-bond donors (Lipinski definition) is 2. The predicted octanol–water partition coefficient (Wildman–Crippen LogP) is 4.29. The number of ether oxygens (including phenoxy) is 2. The van der Waals surface area contributed by atoms with Crippen LogP contribution in [0.15, 0.2) is 24.3 Å². The van der Waals surface area contributed by atoms with Crippen LogP contribution in [-0.2, 0) is 11.4 Å². The van der Waals surface area contributed by atoms with Crippen LogP contribution in [0, 0.1) is 5.92 Å². The minimum absolute atomic E-state index is 0.0508. The van der Waals surface area contributed by atoms with E-state index in [1.165, 1.54) is 13.0 Å². The molecule has 1 aliphatic heterocycles. The molecule has 3 rings (SSSR count). The zero-order valence-corrected chi connectivity index (χ0v) is 16.7. The lowest BCUT2D eigenvalue weighted by atomic mass is 9.98. The number of hydrogen-bond acceptors (Lipinski definition) is 5. The van der Waals surface area contributed by atoms with Gasteiger partial charge in [-0.15, -0.1) is 0 Å². The minimum atomic E-state index is -2.79. The average molecular weight is 405 g/mol. The number of carbonyl (C=O) groups excluding carboxylic acids is 1. The summed E-state index contributed by atoms with van der Waals surface area (Å²) in [6.07, 6.45) is -2.06. The Balaban J connectivity index is 1.95. The second kappa shape index (κ2) is 8.73. The van der Waals surface area contributed by atoms with Crippen LogP contribution in [0.5, 0.6) is 11.5 Å². The highest BCUT2D eigenvalue weighted by molar-refractivity contribution is 5.88. The Bertz CT molecular complexity index is 903. The first-order valence-electron chi connectivity index (χ1n) is 9.50. The number of amides is 1. The van der Waals surface area contributed by atoms with Gasteiger partial charge in [0.05, 0.1) is 5.69 Å². The topological polar surface area (TPSA) is 86.5 Å². The lowest BCUT2D eigenvalue weighted by Gasteiger charge is -2.25. The van der Waals surface area contributed by atoms with Crippen molar-refractivity contribution in [2.45, 2.75) is 46.3 Å². The van der Waals surface area contributed by atoms with Gasteiger partial charge in [0.25, 0.3) is 6.43 Å². The smallest absolute Gasteiger partial charge is 0.271 e. The molecule has 0 saturated carbocycles. The Morgan fingerprint density at radius 2 is 2.07 bits per heavy atom. The summed E-state index contributed by atoms with van der Waals surface area (Å²) < 4.78 is 39.1. The van der Waals surface area contributed by atoms with Crippen molar-refractivity contribution in [3.8, 4) is 22.8 Å². The third kappa shape index (κ3) is 4.82. The minimum Gasteiger partial charge on any atom is -0.491 e. The molecule has 0 saturated heterocycles. The largest absolute Gasteiger partial charge is 0.491 e. The van der Waals surface area contributed by atoms with Crippen molar-refractivity contribution in [3.63, 3.8) is 0 Å². The Labute approximate surface area is 168 Å². The lowest BCUT2D eigenvalue weighted by Crippen LogP contribution is -2.29. The molecule has 0 bridgehead atoms. The molecule has 0 radical (unpaired) electrons. The molecule has 1 amide bonds.